The first-order valence-corrected chi connectivity index (χ1v) is 8.17. The molecule has 0 spiro atoms. The average Bonchev–Trinajstić information content (AvgIpc) is 2.93. The Bertz CT molecular complexity index is 709. The number of piperazine rings is 1. The lowest BCUT2D eigenvalue weighted by molar-refractivity contribution is -0.146. The van der Waals surface area contributed by atoms with Crippen LogP contribution in [0, 0.1) is 6.92 Å². The van der Waals surface area contributed by atoms with Crippen LogP contribution in [0.1, 0.15) is 18.9 Å². The van der Waals surface area contributed by atoms with Crippen LogP contribution in [0.25, 0.3) is 0 Å². The molecule has 2 aliphatic rings. The van der Waals surface area contributed by atoms with Gasteiger partial charge in [0.25, 0.3) is 0 Å². The van der Waals surface area contributed by atoms with E-state index in [1.807, 2.05) is 13.0 Å². The summed E-state index contributed by atoms with van der Waals surface area (Å²) in [4.78, 5) is 37.8. The maximum absolute atomic E-state index is 12.1. The Morgan fingerprint density at radius 3 is 2.83 bits per heavy atom. The fraction of sp³-hybridized carbons (Fsp3) is 0.438. The van der Waals surface area contributed by atoms with E-state index in [9.17, 15) is 14.4 Å². The monoisotopic (exact) mass is 350 g/mol. The van der Waals surface area contributed by atoms with Crippen LogP contribution in [0.5, 0.6) is 0 Å². The Balaban J connectivity index is 1.60. The van der Waals surface area contributed by atoms with E-state index in [0.29, 0.717) is 23.7 Å². The van der Waals surface area contributed by atoms with E-state index in [4.69, 9.17) is 11.6 Å². The molecule has 0 unspecified atom stereocenters. The van der Waals surface area contributed by atoms with Crippen molar-refractivity contribution in [1.82, 2.24) is 15.5 Å². The highest BCUT2D eigenvalue weighted by molar-refractivity contribution is 6.31. The molecule has 2 aliphatic heterocycles. The largest absolute Gasteiger partial charge is 0.343 e. The quantitative estimate of drug-likeness (QED) is 0.750. The minimum Gasteiger partial charge on any atom is -0.343 e. The smallest absolute Gasteiger partial charge is 0.319 e. The van der Waals surface area contributed by atoms with Gasteiger partial charge in [-0.2, -0.15) is 0 Å². The second-order valence-electron chi connectivity index (χ2n) is 6.23. The lowest BCUT2D eigenvalue weighted by Gasteiger charge is -2.32. The number of nitrogens with one attached hydrogen (secondary N) is 3. The van der Waals surface area contributed by atoms with Gasteiger partial charge in [-0.3, -0.25) is 9.59 Å². The lowest BCUT2D eigenvalue weighted by Crippen LogP contribution is -2.60. The van der Waals surface area contributed by atoms with Crippen LogP contribution in [-0.2, 0) is 9.59 Å². The topological polar surface area (TPSA) is 90.5 Å². The van der Waals surface area contributed by atoms with Crippen molar-refractivity contribution in [3.05, 3.63) is 28.8 Å². The molecule has 1 aromatic carbocycles. The number of nitrogens with zero attached hydrogens (tertiary/aromatic N) is 1. The summed E-state index contributed by atoms with van der Waals surface area (Å²) in [6.45, 7) is 3.87. The fourth-order valence-corrected chi connectivity index (χ4v) is 3.26. The number of aryl methyl sites for hydroxylation is 1. The zero-order valence-corrected chi connectivity index (χ0v) is 14.2. The van der Waals surface area contributed by atoms with Crippen LogP contribution in [0.15, 0.2) is 18.2 Å². The van der Waals surface area contributed by atoms with Gasteiger partial charge in [0.05, 0.1) is 6.04 Å². The molecule has 2 fully saturated rings. The molecule has 3 N–H and O–H groups in total. The third-order valence-electron chi connectivity index (χ3n) is 4.38. The lowest BCUT2D eigenvalue weighted by atomic mass is 10.1. The van der Waals surface area contributed by atoms with E-state index in [-0.39, 0.29) is 23.9 Å². The van der Waals surface area contributed by atoms with E-state index in [1.165, 1.54) is 4.90 Å². The van der Waals surface area contributed by atoms with Crippen molar-refractivity contribution in [1.29, 1.82) is 0 Å². The fourth-order valence-electron chi connectivity index (χ4n) is 3.08. The van der Waals surface area contributed by atoms with Crippen LogP contribution >= 0.6 is 11.6 Å². The molecule has 2 saturated heterocycles. The van der Waals surface area contributed by atoms with E-state index in [2.05, 4.69) is 16.0 Å². The maximum Gasteiger partial charge on any atom is 0.319 e. The third-order valence-corrected chi connectivity index (χ3v) is 4.79. The number of hydrogen-bond donors (Lipinski definition) is 3. The molecule has 2 heterocycles. The summed E-state index contributed by atoms with van der Waals surface area (Å²) in [6.07, 6.45) is 0.409. The van der Waals surface area contributed by atoms with Crippen molar-refractivity contribution in [3.63, 3.8) is 0 Å². The number of urea groups is 1. The summed E-state index contributed by atoms with van der Waals surface area (Å²) in [5, 5.41) is 8.74. The third kappa shape index (κ3) is 3.17. The SMILES string of the molecule is Cc1ccc(NC(=O)N[C@H]2C[C@H]3C(=O)N[C@H](C)C(=O)N3C2)cc1Cl. The number of halogens is 1. The predicted molar refractivity (Wildman–Crippen MR) is 89.9 cm³/mol. The Morgan fingerprint density at radius 2 is 2.12 bits per heavy atom. The molecular weight excluding hydrogens is 332 g/mol. The predicted octanol–water partition coefficient (Wildman–Crippen LogP) is 1.26. The second kappa shape index (κ2) is 6.32. The molecule has 7 nitrogen and oxygen atoms in total. The summed E-state index contributed by atoms with van der Waals surface area (Å²) >= 11 is 6.04. The minimum absolute atomic E-state index is 0.116. The van der Waals surface area contributed by atoms with Crippen LogP contribution in [0.4, 0.5) is 10.5 Å². The molecule has 3 rings (SSSR count). The number of hydrogen-bond acceptors (Lipinski definition) is 3. The van der Waals surface area contributed by atoms with E-state index < -0.39 is 12.1 Å². The Morgan fingerprint density at radius 1 is 1.38 bits per heavy atom. The molecule has 1 aromatic rings. The summed E-state index contributed by atoms with van der Waals surface area (Å²) in [5.74, 6) is -0.285. The highest BCUT2D eigenvalue weighted by atomic mass is 35.5. The van der Waals surface area contributed by atoms with Crippen molar-refractivity contribution in [3.8, 4) is 0 Å². The van der Waals surface area contributed by atoms with Gasteiger partial charge in [0.2, 0.25) is 11.8 Å². The highest BCUT2D eigenvalue weighted by Crippen LogP contribution is 2.23. The van der Waals surface area contributed by atoms with Gasteiger partial charge in [-0.05, 0) is 38.0 Å². The van der Waals surface area contributed by atoms with Crippen LogP contribution in [0.3, 0.4) is 0 Å². The Labute approximate surface area is 144 Å². The van der Waals surface area contributed by atoms with Crippen molar-refractivity contribution in [2.45, 2.75) is 38.4 Å². The van der Waals surface area contributed by atoms with Crippen molar-refractivity contribution in [2.75, 3.05) is 11.9 Å². The standard InChI is InChI=1S/C16H19ClN4O3/c1-8-3-4-10(5-12(8)17)19-16(24)20-11-6-13-14(22)18-9(2)15(23)21(13)7-11/h3-5,9,11,13H,6-7H2,1-2H3,(H,18,22)(H2,19,20,24)/t9-,11+,13+/m1/s1. The summed E-state index contributed by atoms with van der Waals surface area (Å²) in [6, 6.07) is 3.57. The second-order valence-corrected chi connectivity index (χ2v) is 6.64. The first-order chi connectivity index (χ1) is 11.3. The zero-order chi connectivity index (χ0) is 17.4. The number of rotatable bonds is 2. The first kappa shape index (κ1) is 16.6. The van der Waals surface area contributed by atoms with Crippen LogP contribution in [0.2, 0.25) is 5.02 Å². The molecule has 0 saturated carbocycles. The zero-order valence-electron chi connectivity index (χ0n) is 13.4. The Kier molecular flexibility index (Phi) is 4.36. The number of benzene rings is 1. The number of carbonyl (C=O) groups excluding carboxylic acids is 3. The number of anilines is 1. The van der Waals surface area contributed by atoms with Gasteiger partial charge in [-0.15, -0.1) is 0 Å². The Hall–Kier alpha value is -2.28. The van der Waals surface area contributed by atoms with E-state index >= 15 is 0 Å². The van der Waals surface area contributed by atoms with E-state index in [1.54, 1.807) is 19.1 Å². The number of carbonyl (C=O) groups is 3. The normalized spacial score (nSPS) is 26.0. The van der Waals surface area contributed by atoms with E-state index in [0.717, 1.165) is 5.56 Å². The summed E-state index contributed by atoms with van der Waals surface area (Å²) in [5.41, 5.74) is 1.51. The molecule has 24 heavy (non-hydrogen) atoms. The molecule has 128 valence electrons. The molecule has 0 bridgehead atoms. The highest BCUT2D eigenvalue weighted by Gasteiger charge is 2.45. The number of amides is 4. The molecule has 0 aromatic heterocycles. The van der Waals surface area contributed by atoms with Crippen molar-refractivity contribution in [2.24, 2.45) is 0 Å². The minimum atomic E-state index is -0.518. The molecule has 3 atom stereocenters. The van der Waals surface area contributed by atoms with Gasteiger partial charge in [0.15, 0.2) is 0 Å². The molecule has 0 radical (unpaired) electrons. The summed E-state index contributed by atoms with van der Waals surface area (Å²) < 4.78 is 0. The van der Waals surface area contributed by atoms with Gasteiger partial charge < -0.3 is 20.9 Å². The first-order valence-electron chi connectivity index (χ1n) is 7.79. The van der Waals surface area contributed by atoms with Gasteiger partial charge in [0, 0.05) is 17.3 Å². The van der Waals surface area contributed by atoms with Crippen molar-refractivity contribution >= 4 is 35.1 Å². The van der Waals surface area contributed by atoms with Crippen molar-refractivity contribution < 1.29 is 14.4 Å². The van der Waals surface area contributed by atoms with Crippen LogP contribution in [-0.4, -0.2) is 47.4 Å². The van der Waals surface area contributed by atoms with Gasteiger partial charge >= 0.3 is 6.03 Å². The van der Waals surface area contributed by atoms with Gasteiger partial charge in [0.1, 0.15) is 12.1 Å². The molecule has 8 heteroatoms. The van der Waals surface area contributed by atoms with Crippen LogP contribution < -0.4 is 16.0 Å². The van der Waals surface area contributed by atoms with Gasteiger partial charge in [-0.1, -0.05) is 17.7 Å². The number of fused-ring (bicyclic) bond motifs is 1. The molecule has 0 aliphatic carbocycles. The maximum atomic E-state index is 12.1. The molecular formula is C16H19ClN4O3. The molecule has 4 amide bonds. The van der Waals surface area contributed by atoms with Gasteiger partial charge in [-0.25, -0.2) is 4.79 Å². The average molecular weight is 351 g/mol. The summed E-state index contributed by atoms with van der Waals surface area (Å²) in [7, 11) is 0.